The summed E-state index contributed by atoms with van der Waals surface area (Å²) in [6.45, 7) is 2.01. The highest BCUT2D eigenvalue weighted by Crippen LogP contribution is 2.28. The fourth-order valence-corrected chi connectivity index (χ4v) is 3.53. The molecular formula is C17H22ClFN2O2. The molecule has 1 aliphatic heterocycles. The second kappa shape index (κ2) is 7.16. The smallest absolute Gasteiger partial charge is 0.223 e. The van der Waals surface area contributed by atoms with E-state index in [4.69, 9.17) is 11.6 Å². The summed E-state index contributed by atoms with van der Waals surface area (Å²) < 4.78 is 13.1. The van der Waals surface area contributed by atoms with Gasteiger partial charge in [0.2, 0.25) is 5.91 Å². The van der Waals surface area contributed by atoms with Crippen LogP contribution in [0.25, 0.3) is 0 Å². The van der Waals surface area contributed by atoms with Crippen LogP contribution >= 0.6 is 11.6 Å². The van der Waals surface area contributed by atoms with Crippen molar-refractivity contribution in [1.82, 2.24) is 10.2 Å². The topological polar surface area (TPSA) is 52.6 Å². The van der Waals surface area contributed by atoms with E-state index in [1.165, 1.54) is 12.1 Å². The molecule has 1 saturated heterocycles. The number of hydrogen-bond donors (Lipinski definition) is 2. The minimum Gasteiger partial charge on any atom is -0.396 e. The first-order valence-electron chi connectivity index (χ1n) is 8.14. The number of aliphatic hydroxyl groups is 1. The van der Waals surface area contributed by atoms with Crippen molar-refractivity contribution in [2.24, 2.45) is 11.8 Å². The first-order valence-corrected chi connectivity index (χ1v) is 8.52. The first kappa shape index (κ1) is 16.7. The van der Waals surface area contributed by atoms with E-state index in [0.29, 0.717) is 24.7 Å². The van der Waals surface area contributed by atoms with Crippen LogP contribution in [-0.4, -0.2) is 41.7 Å². The van der Waals surface area contributed by atoms with Crippen molar-refractivity contribution >= 4 is 17.5 Å². The van der Waals surface area contributed by atoms with Gasteiger partial charge in [0, 0.05) is 49.1 Å². The molecule has 1 heterocycles. The summed E-state index contributed by atoms with van der Waals surface area (Å²) in [5.74, 6) is -0.0615. The molecule has 1 aromatic carbocycles. The first-order chi connectivity index (χ1) is 11.1. The Balaban J connectivity index is 1.60. The molecule has 0 radical (unpaired) electrons. The Kier molecular flexibility index (Phi) is 5.19. The molecule has 4 nitrogen and oxygen atoms in total. The zero-order chi connectivity index (χ0) is 16.4. The minimum atomic E-state index is -0.348. The van der Waals surface area contributed by atoms with Crippen LogP contribution in [0.2, 0.25) is 5.02 Å². The number of aliphatic hydroxyl groups excluding tert-OH is 1. The molecule has 3 rings (SSSR count). The number of amides is 1. The standard InChI is InChI=1S/C17H22ClFN2O2/c18-15-6-14(19)5-4-12(15)7-21-8-13(10-22)16(9-21)20-17(23)11-2-1-3-11/h4-6,11,13,16,22H,1-3,7-10H2,(H,20,23)/t13-,16+/m0/s1. The summed E-state index contributed by atoms with van der Waals surface area (Å²) in [5, 5.41) is 13.1. The Morgan fingerprint density at radius 2 is 2.17 bits per heavy atom. The maximum Gasteiger partial charge on any atom is 0.223 e. The Bertz CT molecular complexity index is 580. The van der Waals surface area contributed by atoms with Gasteiger partial charge in [-0.1, -0.05) is 24.1 Å². The van der Waals surface area contributed by atoms with Crippen LogP contribution in [0.5, 0.6) is 0 Å². The summed E-state index contributed by atoms with van der Waals surface area (Å²) in [7, 11) is 0. The highest BCUT2D eigenvalue weighted by molar-refractivity contribution is 6.31. The summed E-state index contributed by atoms with van der Waals surface area (Å²) in [4.78, 5) is 14.3. The maximum atomic E-state index is 13.1. The SMILES string of the molecule is O=C(N[C@@H]1CN(Cc2ccc(F)cc2Cl)C[C@H]1CO)C1CCC1. The van der Waals surface area contributed by atoms with Gasteiger partial charge in [0.05, 0.1) is 0 Å². The van der Waals surface area contributed by atoms with Gasteiger partial charge in [-0.05, 0) is 30.5 Å². The van der Waals surface area contributed by atoms with Crippen LogP contribution in [0, 0.1) is 17.7 Å². The Labute approximate surface area is 140 Å². The quantitative estimate of drug-likeness (QED) is 0.864. The van der Waals surface area contributed by atoms with Crippen molar-refractivity contribution in [3.63, 3.8) is 0 Å². The fraction of sp³-hybridized carbons (Fsp3) is 0.588. The van der Waals surface area contributed by atoms with Crippen LogP contribution in [0.15, 0.2) is 18.2 Å². The summed E-state index contributed by atoms with van der Waals surface area (Å²) in [6.07, 6.45) is 3.07. The van der Waals surface area contributed by atoms with E-state index in [9.17, 15) is 14.3 Å². The molecule has 1 amide bonds. The normalized spacial score (nSPS) is 25.3. The Hall–Kier alpha value is -1.17. The fourth-order valence-electron chi connectivity index (χ4n) is 3.30. The second-order valence-electron chi connectivity index (χ2n) is 6.62. The lowest BCUT2D eigenvalue weighted by molar-refractivity contribution is -0.128. The molecule has 2 aliphatic rings. The third kappa shape index (κ3) is 3.84. The van der Waals surface area contributed by atoms with E-state index >= 15 is 0 Å². The average Bonchev–Trinajstić information content (AvgIpc) is 2.81. The number of halogens is 2. The van der Waals surface area contributed by atoms with E-state index in [1.807, 2.05) is 0 Å². The van der Waals surface area contributed by atoms with E-state index in [0.717, 1.165) is 24.8 Å². The van der Waals surface area contributed by atoms with Crippen molar-refractivity contribution in [3.8, 4) is 0 Å². The van der Waals surface area contributed by atoms with Crippen molar-refractivity contribution in [1.29, 1.82) is 0 Å². The third-order valence-corrected chi connectivity index (χ3v) is 5.32. The number of nitrogens with zero attached hydrogens (tertiary/aromatic N) is 1. The molecule has 23 heavy (non-hydrogen) atoms. The number of rotatable bonds is 5. The molecule has 0 spiro atoms. The predicted molar refractivity (Wildman–Crippen MR) is 86.5 cm³/mol. The van der Waals surface area contributed by atoms with Gasteiger partial charge in [-0.3, -0.25) is 9.69 Å². The van der Waals surface area contributed by atoms with Gasteiger partial charge in [0.15, 0.2) is 0 Å². The average molecular weight is 341 g/mol. The highest BCUT2D eigenvalue weighted by Gasteiger charge is 2.35. The molecule has 0 unspecified atom stereocenters. The van der Waals surface area contributed by atoms with Gasteiger partial charge in [-0.25, -0.2) is 4.39 Å². The second-order valence-corrected chi connectivity index (χ2v) is 7.02. The molecule has 0 aromatic heterocycles. The van der Waals surface area contributed by atoms with Crippen LogP contribution in [-0.2, 0) is 11.3 Å². The van der Waals surface area contributed by atoms with Crippen LogP contribution in [0.4, 0.5) is 4.39 Å². The predicted octanol–water partition coefficient (Wildman–Crippen LogP) is 2.19. The van der Waals surface area contributed by atoms with Gasteiger partial charge in [0.1, 0.15) is 5.82 Å². The molecule has 1 saturated carbocycles. The highest BCUT2D eigenvalue weighted by atomic mass is 35.5. The maximum absolute atomic E-state index is 13.1. The molecule has 0 bridgehead atoms. The lowest BCUT2D eigenvalue weighted by atomic mass is 9.84. The molecule has 2 fully saturated rings. The number of benzene rings is 1. The molecule has 2 N–H and O–H groups in total. The van der Waals surface area contributed by atoms with Crippen molar-refractivity contribution in [2.45, 2.75) is 31.8 Å². The monoisotopic (exact) mass is 340 g/mol. The van der Waals surface area contributed by atoms with Gasteiger partial charge in [-0.2, -0.15) is 0 Å². The van der Waals surface area contributed by atoms with Crippen molar-refractivity contribution in [2.75, 3.05) is 19.7 Å². The summed E-state index contributed by atoms with van der Waals surface area (Å²) >= 11 is 6.08. The van der Waals surface area contributed by atoms with Gasteiger partial charge >= 0.3 is 0 Å². The van der Waals surface area contributed by atoms with E-state index < -0.39 is 0 Å². The van der Waals surface area contributed by atoms with E-state index in [-0.39, 0.29) is 36.2 Å². The van der Waals surface area contributed by atoms with Gasteiger partial charge in [0.25, 0.3) is 0 Å². The van der Waals surface area contributed by atoms with Gasteiger partial charge in [-0.15, -0.1) is 0 Å². The summed E-state index contributed by atoms with van der Waals surface area (Å²) in [6, 6.07) is 4.36. The number of likely N-dealkylation sites (tertiary alicyclic amines) is 1. The van der Waals surface area contributed by atoms with E-state index in [1.54, 1.807) is 6.07 Å². The van der Waals surface area contributed by atoms with Crippen LogP contribution in [0.1, 0.15) is 24.8 Å². The molecule has 1 aromatic rings. The van der Waals surface area contributed by atoms with Crippen molar-refractivity contribution < 1.29 is 14.3 Å². The molecular weight excluding hydrogens is 319 g/mol. The largest absolute Gasteiger partial charge is 0.396 e. The van der Waals surface area contributed by atoms with Gasteiger partial charge < -0.3 is 10.4 Å². The third-order valence-electron chi connectivity index (χ3n) is 4.96. The molecule has 6 heteroatoms. The van der Waals surface area contributed by atoms with Crippen LogP contribution < -0.4 is 5.32 Å². The molecule has 2 atom stereocenters. The number of nitrogens with one attached hydrogen (secondary N) is 1. The lowest BCUT2D eigenvalue weighted by Crippen LogP contribution is -2.45. The Morgan fingerprint density at radius 1 is 1.39 bits per heavy atom. The zero-order valence-corrected chi connectivity index (χ0v) is 13.7. The Morgan fingerprint density at radius 3 is 2.78 bits per heavy atom. The number of carbonyl (C=O) groups excluding carboxylic acids is 1. The minimum absolute atomic E-state index is 0.0262. The lowest BCUT2D eigenvalue weighted by Gasteiger charge is -2.27. The zero-order valence-electron chi connectivity index (χ0n) is 13.0. The van der Waals surface area contributed by atoms with Crippen molar-refractivity contribution in [3.05, 3.63) is 34.6 Å². The number of carbonyl (C=O) groups is 1. The van der Waals surface area contributed by atoms with E-state index in [2.05, 4.69) is 10.2 Å². The molecule has 1 aliphatic carbocycles. The summed E-state index contributed by atoms with van der Waals surface area (Å²) in [5.41, 5.74) is 0.857. The van der Waals surface area contributed by atoms with Crippen LogP contribution in [0.3, 0.4) is 0 Å². The number of hydrogen-bond acceptors (Lipinski definition) is 3. The molecule has 126 valence electrons.